The fourth-order valence-corrected chi connectivity index (χ4v) is 4.00. The molecule has 1 aliphatic heterocycles. The normalized spacial score (nSPS) is 28.3. The highest BCUT2D eigenvalue weighted by Gasteiger charge is 2.42. The average Bonchev–Trinajstić information content (AvgIpc) is 3.26. The number of halogens is 2. The first kappa shape index (κ1) is 15.6. The van der Waals surface area contributed by atoms with E-state index in [0.717, 1.165) is 24.6 Å². The Morgan fingerprint density at radius 3 is 2.68 bits per heavy atom. The molecule has 1 saturated heterocycles. The van der Waals surface area contributed by atoms with E-state index in [1.807, 2.05) is 11.8 Å². The lowest BCUT2D eigenvalue weighted by atomic mass is 10.1. The van der Waals surface area contributed by atoms with Crippen molar-refractivity contribution in [2.75, 3.05) is 18.6 Å². The second kappa shape index (κ2) is 6.86. The predicted molar refractivity (Wildman–Crippen MR) is 87.5 cm³/mol. The van der Waals surface area contributed by atoms with Crippen molar-refractivity contribution in [2.24, 2.45) is 4.99 Å². The molecule has 3 atom stereocenters. The van der Waals surface area contributed by atoms with Gasteiger partial charge in [-0.15, -0.1) is 0 Å². The van der Waals surface area contributed by atoms with Crippen LogP contribution in [0.3, 0.4) is 0 Å². The number of hydrogen-bond acceptors (Lipinski definition) is 2. The third-order valence-electron chi connectivity index (χ3n) is 4.21. The van der Waals surface area contributed by atoms with Gasteiger partial charge in [0, 0.05) is 36.4 Å². The van der Waals surface area contributed by atoms with Crippen molar-refractivity contribution in [3.05, 3.63) is 35.4 Å². The number of rotatable bonds is 3. The van der Waals surface area contributed by atoms with Crippen LogP contribution in [0.25, 0.3) is 0 Å². The van der Waals surface area contributed by atoms with Gasteiger partial charge >= 0.3 is 0 Å². The first-order valence-electron chi connectivity index (χ1n) is 7.70. The van der Waals surface area contributed by atoms with Gasteiger partial charge in [-0.05, 0) is 37.1 Å². The van der Waals surface area contributed by atoms with Crippen molar-refractivity contribution in [3.63, 3.8) is 0 Å². The molecule has 3 unspecified atom stereocenters. The van der Waals surface area contributed by atoms with Crippen LogP contribution in [0.2, 0.25) is 0 Å². The summed E-state index contributed by atoms with van der Waals surface area (Å²) >= 11 is 1.95. The molecule has 120 valence electrons. The highest BCUT2D eigenvalue weighted by Crippen LogP contribution is 2.43. The molecule has 1 aliphatic carbocycles. The number of nitrogens with one attached hydrogen (secondary N) is 2. The summed E-state index contributed by atoms with van der Waals surface area (Å²) in [7, 11) is 1.73. The van der Waals surface area contributed by atoms with E-state index in [1.54, 1.807) is 7.05 Å². The van der Waals surface area contributed by atoms with Gasteiger partial charge in [-0.2, -0.15) is 11.8 Å². The molecule has 0 aromatic heterocycles. The lowest BCUT2D eigenvalue weighted by Gasteiger charge is -2.24. The molecule has 1 aromatic rings. The molecule has 0 amide bonds. The highest BCUT2D eigenvalue weighted by molar-refractivity contribution is 7.99. The Labute approximate surface area is 134 Å². The molecule has 3 rings (SSSR count). The number of nitrogens with zero attached hydrogens (tertiary/aromatic N) is 1. The van der Waals surface area contributed by atoms with Crippen LogP contribution in [0.4, 0.5) is 8.78 Å². The number of benzene rings is 1. The van der Waals surface area contributed by atoms with E-state index in [-0.39, 0.29) is 17.5 Å². The quantitative estimate of drug-likeness (QED) is 0.663. The van der Waals surface area contributed by atoms with Gasteiger partial charge in [-0.3, -0.25) is 4.99 Å². The monoisotopic (exact) mass is 325 g/mol. The van der Waals surface area contributed by atoms with Crippen LogP contribution in [0.1, 0.15) is 30.7 Å². The summed E-state index contributed by atoms with van der Waals surface area (Å²) in [6.45, 7) is 0. The van der Waals surface area contributed by atoms with Gasteiger partial charge in [0.1, 0.15) is 11.6 Å². The van der Waals surface area contributed by atoms with Gasteiger partial charge in [-0.25, -0.2) is 8.78 Å². The van der Waals surface area contributed by atoms with Gasteiger partial charge < -0.3 is 10.6 Å². The second-order valence-electron chi connectivity index (χ2n) is 5.86. The molecule has 2 aliphatic rings. The van der Waals surface area contributed by atoms with Crippen molar-refractivity contribution in [3.8, 4) is 0 Å². The van der Waals surface area contributed by atoms with Crippen LogP contribution in [0, 0.1) is 11.6 Å². The predicted octanol–water partition coefficient (Wildman–Crippen LogP) is 2.88. The van der Waals surface area contributed by atoms with E-state index in [1.165, 1.54) is 30.4 Å². The summed E-state index contributed by atoms with van der Waals surface area (Å²) in [6.07, 6.45) is 3.09. The number of guanidine groups is 1. The zero-order valence-corrected chi connectivity index (χ0v) is 13.4. The van der Waals surface area contributed by atoms with Gasteiger partial charge in [0.15, 0.2) is 5.96 Å². The average molecular weight is 325 g/mol. The molecular formula is C16H21F2N3S. The molecular weight excluding hydrogens is 304 g/mol. The minimum absolute atomic E-state index is 0.0499. The maximum atomic E-state index is 13.8. The largest absolute Gasteiger partial charge is 0.353 e. The van der Waals surface area contributed by atoms with Crippen LogP contribution in [-0.4, -0.2) is 36.6 Å². The minimum Gasteiger partial charge on any atom is -0.353 e. The van der Waals surface area contributed by atoms with Crippen molar-refractivity contribution < 1.29 is 8.78 Å². The molecule has 1 saturated carbocycles. The van der Waals surface area contributed by atoms with Crippen LogP contribution in [-0.2, 0) is 0 Å². The SMILES string of the molecule is CN=C(NC1CCCSC1)NC1CC1c1c(F)cccc1F. The zero-order valence-electron chi connectivity index (χ0n) is 12.6. The summed E-state index contributed by atoms with van der Waals surface area (Å²) in [6, 6.07) is 4.52. The summed E-state index contributed by atoms with van der Waals surface area (Å²) in [4.78, 5) is 4.23. The maximum Gasteiger partial charge on any atom is 0.191 e. The Morgan fingerprint density at radius 2 is 2.05 bits per heavy atom. The first-order chi connectivity index (χ1) is 10.7. The molecule has 1 aromatic carbocycles. The van der Waals surface area contributed by atoms with E-state index >= 15 is 0 Å². The third-order valence-corrected chi connectivity index (χ3v) is 5.42. The fourth-order valence-electron chi connectivity index (χ4n) is 2.93. The molecule has 22 heavy (non-hydrogen) atoms. The Hall–Kier alpha value is -1.30. The van der Waals surface area contributed by atoms with Crippen LogP contribution < -0.4 is 10.6 Å². The molecule has 0 bridgehead atoms. The third kappa shape index (κ3) is 3.54. The molecule has 2 N–H and O–H groups in total. The van der Waals surface area contributed by atoms with Gasteiger partial charge in [0.25, 0.3) is 0 Å². The Balaban J connectivity index is 1.57. The number of thioether (sulfide) groups is 1. The molecule has 2 fully saturated rings. The van der Waals surface area contributed by atoms with E-state index < -0.39 is 11.6 Å². The Kier molecular flexibility index (Phi) is 4.86. The standard InChI is InChI=1S/C16H21F2N3S/c1-19-16(20-10-4-3-7-22-9-10)21-14-8-11(14)15-12(17)5-2-6-13(15)18/h2,5-6,10-11,14H,3-4,7-9H2,1H3,(H2,19,20,21). The van der Waals surface area contributed by atoms with Crippen LogP contribution in [0.5, 0.6) is 0 Å². The van der Waals surface area contributed by atoms with Crippen molar-refractivity contribution in [1.29, 1.82) is 0 Å². The summed E-state index contributed by atoms with van der Waals surface area (Å²) < 4.78 is 27.6. The Bertz CT molecular complexity index is 538. The Morgan fingerprint density at radius 1 is 1.27 bits per heavy atom. The van der Waals surface area contributed by atoms with E-state index in [4.69, 9.17) is 0 Å². The van der Waals surface area contributed by atoms with Crippen molar-refractivity contribution in [1.82, 2.24) is 10.6 Å². The highest BCUT2D eigenvalue weighted by atomic mass is 32.2. The molecule has 6 heteroatoms. The number of hydrogen-bond donors (Lipinski definition) is 2. The van der Waals surface area contributed by atoms with E-state index in [9.17, 15) is 8.78 Å². The number of aliphatic imine (C=N–C) groups is 1. The summed E-state index contributed by atoms with van der Waals surface area (Å²) in [5, 5.41) is 6.70. The van der Waals surface area contributed by atoms with Crippen molar-refractivity contribution in [2.45, 2.75) is 37.3 Å². The van der Waals surface area contributed by atoms with Crippen molar-refractivity contribution >= 4 is 17.7 Å². The fraction of sp³-hybridized carbons (Fsp3) is 0.562. The molecule has 0 radical (unpaired) electrons. The summed E-state index contributed by atoms with van der Waals surface area (Å²) in [5.41, 5.74) is 0.198. The zero-order chi connectivity index (χ0) is 15.5. The first-order valence-corrected chi connectivity index (χ1v) is 8.86. The maximum absolute atomic E-state index is 13.8. The minimum atomic E-state index is -0.457. The van der Waals surface area contributed by atoms with E-state index in [2.05, 4.69) is 15.6 Å². The topological polar surface area (TPSA) is 36.4 Å². The van der Waals surface area contributed by atoms with Gasteiger partial charge in [0.05, 0.1) is 0 Å². The molecule has 1 heterocycles. The van der Waals surface area contributed by atoms with Gasteiger partial charge in [-0.1, -0.05) is 6.07 Å². The van der Waals surface area contributed by atoms with Gasteiger partial charge in [0.2, 0.25) is 0 Å². The molecule has 3 nitrogen and oxygen atoms in total. The summed E-state index contributed by atoms with van der Waals surface area (Å²) in [5.74, 6) is 2.01. The lowest BCUT2D eigenvalue weighted by molar-refractivity contribution is 0.552. The van der Waals surface area contributed by atoms with Crippen LogP contribution >= 0.6 is 11.8 Å². The molecule has 0 spiro atoms. The van der Waals surface area contributed by atoms with E-state index in [0.29, 0.717) is 6.04 Å². The lowest BCUT2D eigenvalue weighted by Crippen LogP contribution is -2.46. The smallest absolute Gasteiger partial charge is 0.191 e. The van der Waals surface area contributed by atoms with Crippen LogP contribution in [0.15, 0.2) is 23.2 Å². The second-order valence-corrected chi connectivity index (χ2v) is 7.01.